The van der Waals surface area contributed by atoms with E-state index in [0.717, 1.165) is 10.6 Å². The van der Waals surface area contributed by atoms with Gasteiger partial charge in [-0.3, -0.25) is 0 Å². The SMILES string of the molecule is [CH3][Sn]([CH3])([CH3])[C@@H](c1ccccc1)N(Cc1ccccc1)P(=O)(c1ccccc1)c1ccccc1. The van der Waals surface area contributed by atoms with E-state index in [2.05, 4.69) is 74.1 Å². The fraction of sp³-hybridized carbons (Fsp3) is 0.172. The molecule has 0 aliphatic heterocycles. The number of nitrogens with zero attached hydrogens (tertiary/aromatic N) is 1. The third-order valence-electron chi connectivity index (χ3n) is 6.00. The molecule has 0 spiro atoms. The number of hydrogen-bond donors (Lipinski definition) is 0. The second-order valence-electron chi connectivity index (χ2n) is 9.51. The van der Waals surface area contributed by atoms with E-state index < -0.39 is 25.7 Å². The first-order chi connectivity index (χ1) is 15.9. The molecule has 0 unspecified atom stereocenters. The molecule has 168 valence electrons. The molecular weight excluding hydrogens is 528 g/mol. The Hall–Kier alpha value is -2.13. The Kier molecular flexibility index (Phi) is 7.58. The molecule has 1 atom stereocenters. The van der Waals surface area contributed by atoms with Crippen molar-refractivity contribution in [1.82, 2.24) is 4.67 Å². The fourth-order valence-corrected chi connectivity index (χ4v) is 17.4. The van der Waals surface area contributed by atoms with Gasteiger partial charge in [0.05, 0.1) is 0 Å². The van der Waals surface area contributed by atoms with Gasteiger partial charge >= 0.3 is 203 Å². The number of hydrogen-bond acceptors (Lipinski definition) is 1. The molecule has 0 aliphatic rings. The van der Waals surface area contributed by atoms with Gasteiger partial charge in [0.2, 0.25) is 0 Å². The molecule has 0 heterocycles. The first-order valence-electron chi connectivity index (χ1n) is 11.5. The van der Waals surface area contributed by atoms with E-state index in [9.17, 15) is 0 Å². The Morgan fingerprint density at radius 3 is 1.45 bits per heavy atom. The van der Waals surface area contributed by atoms with Gasteiger partial charge in [-0.05, 0) is 0 Å². The second kappa shape index (κ2) is 10.4. The van der Waals surface area contributed by atoms with Crippen molar-refractivity contribution in [3.63, 3.8) is 0 Å². The number of benzene rings is 4. The van der Waals surface area contributed by atoms with Gasteiger partial charge in [-0.15, -0.1) is 0 Å². The standard InChI is InChI=1S/C26H23NOP.3CH3.Sn/c28-29(25-17-9-3-10-18-25,26-19-11-4-12-20-26)27(21-23-13-5-1-6-14-23)22-24-15-7-2-8-16-24;;;;/h1-21H,22H2;3*1H3;. The molecule has 0 saturated heterocycles. The molecule has 0 saturated carbocycles. The number of rotatable bonds is 8. The van der Waals surface area contributed by atoms with Crippen LogP contribution in [0.1, 0.15) is 15.2 Å². The summed E-state index contributed by atoms with van der Waals surface area (Å²) in [6.07, 6.45) is 0. The summed E-state index contributed by atoms with van der Waals surface area (Å²) in [5, 5.41) is 1.78. The van der Waals surface area contributed by atoms with Gasteiger partial charge < -0.3 is 0 Å². The maximum absolute atomic E-state index is 15.5. The van der Waals surface area contributed by atoms with Crippen molar-refractivity contribution in [2.24, 2.45) is 0 Å². The molecular formula is C29H32NOPSn. The van der Waals surface area contributed by atoms with Crippen LogP contribution >= 0.6 is 7.29 Å². The van der Waals surface area contributed by atoms with E-state index in [1.807, 2.05) is 66.7 Å². The average Bonchev–Trinajstić information content (AvgIpc) is 2.85. The van der Waals surface area contributed by atoms with Gasteiger partial charge in [-0.25, -0.2) is 0 Å². The van der Waals surface area contributed by atoms with E-state index in [4.69, 9.17) is 0 Å². The normalized spacial score (nSPS) is 13.1. The summed E-state index contributed by atoms with van der Waals surface area (Å²) in [5.74, 6) is 0. The molecule has 0 radical (unpaired) electrons. The topological polar surface area (TPSA) is 20.3 Å². The molecule has 0 amide bonds. The molecule has 4 aromatic carbocycles. The minimum absolute atomic E-state index is 0.145. The molecule has 0 bridgehead atoms. The quantitative estimate of drug-likeness (QED) is 0.170. The summed E-state index contributed by atoms with van der Waals surface area (Å²) in [4.78, 5) is 7.35. The molecule has 0 N–H and O–H groups in total. The average molecular weight is 560 g/mol. The molecule has 4 rings (SSSR count). The van der Waals surface area contributed by atoms with Crippen molar-refractivity contribution in [2.75, 3.05) is 0 Å². The van der Waals surface area contributed by atoms with E-state index in [1.165, 1.54) is 11.1 Å². The Balaban J connectivity index is 2.00. The van der Waals surface area contributed by atoms with Crippen molar-refractivity contribution in [1.29, 1.82) is 0 Å². The van der Waals surface area contributed by atoms with Gasteiger partial charge in [0.25, 0.3) is 0 Å². The first-order valence-corrected chi connectivity index (χ1v) is 23.3. The van der Waals surface area contributed by atoms with Crippen LogP contribution in [0.15, 0.2) is 121 Å². The molecule has 0 aliphatic carbocycles. The molecule has 33 heavy (non-hydrogen) atoms. The van der Waals surface area contributed by atoms with Crippen LogP contribution in [0.3, 0.4) is 0 Å². The molecule has 0 fully saturated rings. The zero-order valence-corrected chi connectivity index (χ0v) is 23.4. The predicted octanol–water partition coefficient (Wildman–Crippen LogP) is 7.04. The van der Waals surface area contributed by atoms with Gasteiger partial charge in [0.1, 0.15) is 0 Å². The van der Waals surface area contributed by atoms with Crippen LogP contribution in [0.4, 0.5) is 0 Å². The van der Waals surface area contributed by atoms with Crippen LogP contribution in [-0.2, 0) is 11.1 Å². The van der Waals surface area contributed by atoms with Crippen LogP contribution in [0.5, 0.6) is 0 Å². The van der Waals surface area contributed by atoms with Crippen LogP contribution in [0, 0.1) is 0 Å². The van der Waals surface area contributed by atoms with E-state index in [0.29, 0.717) is 6.54 Å². The summed E-state index contributed by atoms with van der Waals surface area (Å²) in [6.45, 7) is 0.635. The van der Waals surface area contributed by atoms with Crippen molar-refractivity contribution in [3.05, 3.63) is 132 Å². The first kappa shape index (κ1) is 24.0. The third kappa shape index (κ3) is 5.35. The Morgan fingerprint density at radius 2 is 1.03 bits per heavy atom. The Morgan fingerprint density at radius 1 is 0.636 bits per heavy atom. The summed E-state index contributed by atoms with van der Waals surface area (Å²) >= 11 is -2.74. The molecule has 4 heteroatoms. The van der Waals surface area contributed by atoms with Crippen molar-refractivity contribution < 1.29 is 4.57 Å². The van der Waals surface area contributed by atoms with E-state index >= 15 is 4.57 Å². The fourth-order valence-electron chi connectivity index (χ4n) is 4.58. The van der Waals surface area contributed by atoms with E-state index in [-0.39, 0.29) is 4.06 Å². The molecule has 4 aromatic rings. The van der Waals surface area contributed by atoms with Crippen molar-refractivity contribution in [3.8, 4) is 0 Å². The zero-order chi connectivity index (χ0) is 23.3. The maximum atomic E-state index is 15.5. The van der Waals surface area contributed by atoms with Gasteiger partial charge in [0.15, 0.2) is 0 Å². The van der Waals surface area contributed by atoms with Crippen LogP contribution in [-0.4, -0.2) is 23.0 Å². The Bertz CT molecular complexity index is 1150. The van der Waals surface area contributed by atoms with Crippen LogP contribution in [0.2, 0.25) is 14.8 Å². The monoisotopic (exact) mass is 561 g/mol. The predicted molar refractivity (Wildman–Crippen MR) is 144 cm³/mol. The molecule has 0 aromatic heterocycles. The summed E-state index contributed by atoms with van der Waals surface area (Å²) in [6, 6.07) is 41.3. The minimum atomic E-state index is -3.13. The molecule has 2 nitrogen and oxygen atoms in total. The van der Waals surface area contributed by atoms with E-state index in [1.54, 1.807) is 0 Å². The van der Waals surface area contributed by atoms with Crippen LogP contribution < -0.4 is 10.6 Å². The summed E-state index contributed by atoms with van der Waals surface area (Å²) < 4.78 is 18.0. The zero-order valence-electron chi connectivity index (χ0n) is 19.6. The summed E-state index contributed by atoms with van der Waals surface area (Å²) in [5.41, 5.74) is 2.45. The summed E-state index contributed by atoms with van der Waals surface area (Å²) in [7, 11) is -3.13. The van der Waals surface area contributed by atoms with Gasteiger partial charge in [0, 0.05) is 0 Å². The Labute approximate surface area is 202 Å². The van der Waals surface area contributed by atoms with Crippen molar-refractivity contribution in [2.45, 2.75) is 25.4 Å². The van der Waals surface area contributed by atoms with Gasteiger partial charge in [-0.2, -0.15) is 0 Å². The van der Waals surface area contributed by atoms with Crippen molar-refractivity contribution >= 4 is 36.3 Å². The van der Waals surface area contributed by atoms with Gasteiger partial charge in [-0.1, -0.05) is 0 Å². The van der Waals surface area contributed by atoms with Crippen LogP contribution in [0.25, 0.3) is 0 Å². The third-order valence-corrected chi connectivity index (χ3v) is 16.2. The second-order valence-corrected chi connectivity index (χ2v) is 27.3.